The van der Waals surface area contributed by atoms with Gasteiger partial charge in [0.05, 0.1) is 37.3 Å². The smallest absolute Gasteiger partial charge is 0.435 e. The number of rotatable bonds is 12. The van der Waals surface area contributed by atoms with Crippen LogP contribution in [-0.2, 0) is 23.9 Å². The molecule has 0 saturated heterocycles. The molecule has 0 unspecified atom stereocenters. The van der Waals surface area contributed by atoms with Gasteiger partial charge in [0.15, 0.2) is 5.69 Å². The van der Waals surface area contributed by atoms with Crippen LogP contribution in [0.5, 0.6) is 11.6 Å². The molecule has 0 fully saturated rings. The molecule has 0 aliphatic carbocycles. The molecular weight excluding hydrogens is 517 g/mol. The van der Waals surface area contributed by atoms with Crippen molar-refractivity contribution in [1.29, 1.82) is 0 Å². The largest absolute Gasteiger partial charge is 0.436 e. The second-order valence-electron chi connectivity index (χ2n) is 8.59. The summed E-state index contributed by atoms with van der Waals surface area (Å²) in [5.74, 6) is 0.221. The molecule has 4 aromatic rings. The van der Waals surface area contributed by atoms with Gasteiger partial charge in [0, 0.05) is 37.2 Å². The zero-order valence-corrected chi connectivity index (χ0v) is 21.5. The van der Waals surface area contributed by atoms with Gasteiger partial charge < -0.3 is 19.9 Å². The summed E-state index contributed by atoms with van der Waals surface area (Å²) in [5, 5.41) is 15.3. The molecule has 0 atom stereocenters. The van der Waals surface area contributed by atoms with Crippen LogP contribution in [0.3, 0.4) is 0 Å². The summed E-state index contributed by atoms with van der Waals surface area (Å²) in [4.78, 5) is 21.1. The lowest BCUT2D eigenvalue weighted by atomic mass is 10.0. The van der Waals surface area contributed by atoms with Gasteiger partial charge in [-0.15, -0.1) is 0 Å². The number of nitrogens with one attached hydrogen (secondary N) is 1. The third kappa shape index (κ3) is 6.37. The molecule has 1 amide bonds. The van der Waals surface area contributed by atoms with E-state index >= 15 is 0 Å². The van der Waals surface area contributed by atoms with Crippen LogP contribution in [-0.4, -0.2) is 61.5 Å². The molecule has 4 rings (SSSR count). The number of hydrogen-bond donors (Lipinski definition) is 2. The van der Waals surface area contributed by atoms with Crippen LogP contribution in [0.15, 0.2) is 43.0 Å². The van der Waals surface area contributed by atoms with Crippen molar-refractivity contribution in [2.75, 3.05) is 26.4 Å². The molecule has 0 bridgehead atoms. The maximum Gasteiger partial charge on any atom is 0.435 e. The lowest BCUT2D eigenvalue weighted by Crippen LogP contribution is -2.28. The van der Waals surface area contributed by atoms with E-state index in [1.54, 1.807) is 18.2 Å². The first kappa shape index (κ1) is 28.0. The van der Waals surface area contributed by atoms with Crippen LogP contribution in [0.25, 0.3) is 16.9 Å². The van der Waals surface area contributed by atoms with E-state index in [1.807, 2.05) is 13.8 Å². The Morgan fingerprint density at radius 2 is 2.00 bits per heavy atom. The fourth-order valence-electron chi connectivity index (χ4n) is 4.09. The summed E-state index contributed by atoms with van der Waals surface area (Å²) in [6, 6.07) is 4.96. The Balaban J connectivity index is 1.59. The number of amides is 1. The molecule has 10 nitrogen and oxygen atoms in total. The topological polar surface area (TPSA) is 116 Å². The summed E-state index contributed by atoms with van der Waals surface area (Å²) < 4.78 is 55.1. The van der Waals surface area contributed by atoms with Crippen molar-refractivity contribution in [2.45, 2.75) is 39.4 Å². The van der Waals surface area contributed by atoms with Gasteiger partial charge in [-0.2, -0.15) is 18.3 Å². The molecule has 0 aliphatic heterocycles. The fourth-order valence-corrected chi connectivity index (χ4v) is 4.09. The fraction of sp³-hybridized carbons (Fsp3) is 0.385. The number of nitrogens with zero attached hydrogens (tertiary/aromatic N) is 5. The predicted octanol–water partition coefficient (Wildman–Crippen LogP) is 4.12. The highest BCUT2D eigenvalue weighted by atomic mass is 19.4. The van der Waals surface area contributed by atoms with E-state index in [-0.39, 0.29) is 48.5 Å². The van der Waals surface area contributed by atoms with Crippen LogP contribution in [0.4, 0.5) is 13.2 Å². The van der Waals surface area contributed by atoms with Crippen molar-refractivity contribution in [1.82, 2.24) is 29.5 Å². The lowest BCUT2D eigenvalue weighted by molar-refractivity contribution is -0.141. The summed E-state index contributed by atoms with van der Waals surface area (Å²) in [6.45, 7) is 4.79. The average Bonchev–Trinajstić information content (AvgIpc) is 3.53. The number of imidazole rings is 1. The van der Waals surface area contributed by atoms with Crippen molar-refractivity contribution in [3.8, 4) is 22.9 Å². The number of aliphatic hydroxyl groups is 1. The summed E-state index contributed by atoms with van der Waals surface area (Å²) in [6.07, 6.45) is 2.17. The molecule has 0 radical (unpaired) electrons. The molecule has 0 aliphatic rings. The van der Waals surface area contributed by atoms with Gasteiger partial charge in [-0.25, -0.2) is 9.97 Å². The second kappa shape index (κ2) is 12.3. The zero-order chi connectivity index (χ0) is 28.0. The first-order chi connectivity index (χ1) is 18.8. The minimum atomic E-state index is -4.64. The Labute approximate surface area is 222 Å². The van der Waals surface area contributed by atoms with Gasteiger partial charge in [0.2, 0.25) is 5.65 Å². The van der Waals surface area contributed by atoms with Gasteiger partial charge >= 0.3 is 6.18 Å². The minimum Gasteiger partial charge on any atom is -0.436 e. The van der Waals surface area contributed by atoms with E-state index in [9.17, 15) is 18.0 Å². The Bertz CT molecular complexity index is 1430. The van der Waals surface area contributed by atoms with Crippen molar-refractivity contribution >= 4 is 11.6 Å². The molecule has 2 N–H and O–H groups in total. The van der Waals surface area contributed by atoms with Crippen LogP contribution >= 0.6 is 0 Å². The zero-order valence-electron chi connectivity index (χ0n) is 21.5. The third-order valence-electron chi connectivity index (χ3n) is 5.84. The normalized spacial score (nSPS) is 11.7. The number of aryl methyl sites for hydroxylation is 2. The number of aromatic nitrogens is 5. The van der Waals surface area contributed by atoms with E-state index in [4.69, 9.17) is 14.6 Å². The average molecular weight is 547 g/mol. The Morgan fingerprint density at radius 3 is 2.72 bits per heavy atom. The number of halogens is 3. The van der Waals surface area contributed by atoms with E-state index in [0.717, 1.165) is 5.56 Å². The number of carbonyl (C=O) groups excluding carboxylic acids is 1. The summed E-state index contributed by atoms with van der Waals surface area (Å²) in [5.41, 5.74) is 0.563. The van der Waals surface area contributed by atoms with Crippen LogP contribution in [0.1, 0.15) is 41.9 Å². The summed E-state index contributed by atoms with van der Waals surface area (Å²) >= 11 is 0. The first-order valence-electron chi connectivity index (χ1n) is 12.5. The Morgan fingerprint density at radius 1 is 1.18 bits per heavy atom. The first-order valence-corrected chi connectivity index (χ1v) is 12.5. The predicted molar refractivity (Wildman–Crippen MR) is 136 cm³/mol. The molecule has 3 aromatic heterocycles. The lowest BCUT2D eigenvalue weighted by Gasteiger charge is -2.12. The van der Waals surface area contributed by atoms with Crippen molar-refractivity contribution in [3.63, 3.8) is 0 Å². The summed E-state index contributed by atoms with van der Waals surface area (Å²) in [7, 11) is 0. The van der Waals surface area contributed by atoms with Crippen LogP contribution < -0.4 is 10.1 Å². The molecule has 39 heavy (non-hydrogen) atoms. The molecule has 13 heteroatoms. The van der Waals surface area contributed by atoms with Gasteiger partial charge in [-0.1, -0.05) is 13.8 Å². The van der Waals surface area contributed by atoms with Gasteiger partial charge in [-0.3, -0.25) is 13.9 Å². The van der Waals surface area contributed by atoms with E-state index < -0.39 is 11.9 Å². The van der Waals surface area contributed by atoms with E-state index in [1.165, 1.54) is 33.9 Å². The number of benzene rings is 1. The number of alkyl halides is 3. The van der Waals surface area contributed by atoms with E-state index in [0.29, 0.717) is 37.2 Å². The highest BCUT2D eigenvalue weighted by Crippen LogP contribution is 2.37. The molecule has 1 aromatic carbocycles. The molecule has 3 heterocycles. The van der Waals surface area contributed by atoms with Crippen molar-refractivity contribution in [3.05, 3.63) is 59.8 Å². The van der Waals surface area contributed by atoms with Crippen LogP contribution in [0, 0.1) is 0 Å². The molecular formula is C26H29F3N6O4. The van der Waals surface area contributed by atoms with Crippen molar-refractivity contribution < 1.29 is 32.5 Å². The van der Waals surface area contributed by atoms with Gasteiger partial charge in [0.1, 0.15) is 5.75 Å². The Kier molecular flexibility index (Phi) is 8.82. The van der Waals surface area contributed by atoms with E-state index in [2.05, 4.69) is 20.4 Å². The second-order valence-corrected chi connectivity index (χ2v) is 8.59. The Hall–Kier alpha value is -3.97. The number of ether oxygens (including phenoxy) is 2. The van der Waals surface area contributed by atoms with Crippen molar-refractivity contribution in [2.24, 2.45) is 0 Å². The van der Waals surface area contributed by atoms with Gasteiger partial charge in [-0.05, 0) is 36.6 Å². The minimum absolute atomic E-state index is 0.0870. The molecule has 0 saturated carbocycles. The van der Waals surface area contributed by atoms with Crippen LogP contribution in [0.2, 0.25) is 0 Å². The highest BCUT2D eigenvalue weighted by molar-refractivity contribution is 5.95. The highest BCUT2D eigenvalue weighted by Gasteiger charge is 2.38. The maximum atomic E-state index is 13.8. The monoisotopic (exact) mass is 546 g/mol. The third-order valence-corrected chi connectivity index (χ3v) is 5.84. The van der Waals surface area contributed by atoms with Gasteiger partial charge in [0.25, 0.3) is 11.8 Å². The number of hydrogen-bond acceptors (Lipinski definition) is 7. The standard InChI is InChI=1S/C26H29F3N6O4/c1-3-9-34-16-20(22(33-34)26(27,28)29)21-15-32-23-25(31-7-10-35(21)23)39-18-5-6-19(17(4-2)14-18)24(37)30-8-12-38-13-11-36/h5-7,10,14-16,36H,3-4,8-9,11-13H2,1-2H3,(H,30,37). The number of aliphatic hydroxyl groups excluding tert-OH is 1. The number of carbonyl (C=O) groups is 1. The SMILES string of the molecule is CCCn1cc(-c2cnc3c(Oc4ccc(C(=O)NCCOCCO)c(CC)c4)nccn23)c(C(F)(F)F)n1. The molecule has 208 valence electrons. The maximum absolute atomic E-state index is 13.8. The quantitative estimate of drug-likeness (QED) is 0.257. The number of fused-ring (bicyclic) bond motifs is 1. The molecule has 0 spiro atoms.